The first-order valence-electron chi connectivity index (χ1n) is 8.52. The van der Waals surface area contributed by atoms with Gasteiger partial charge in [-0.25, -0.2) is 4.79 Å². The molecule has 0 radical (unpaired) electrons. The highest BCUT2D eigenvalue weighted by Crippen LogP contribution is 2.30. The Kier molecular flexibility index (Phi) is 5.88. The average molecular weight is 344 g/mol. The number of piperidine rings is 1. The molecule has 5 heteroatoms. The van der Waals surface area contributed by atoms with Gasteiger partial charge in [0, 0.05) is 24.5 Å². The van der Waals surface area contributed by atoms with E-state index in [4.69, 9.17) is 0 Å². The summed E-state index contributed by atoms with van der Waals surface area (Å²) < 4.78 is 0. The SMILES string of the molecule is O=C(NCCc1cccs1)N1CCC([C@H](O)c2ccccc2)CC1. The molecular weight excluding hydrogens is 320 g/mol. The minimum absolute atomic E-state index is 0.0132. The van der Waals surface area contributed by atoms with Gasteiger partial charge in [-0.3, -0.25) is 0 Å². The molecule has 4 nitrogen and oxygen atoms in total. The van der Waals surface area contributed by atoms with E-state index in [-0.39, 0.29) is 11.9 Å². The Labute approximate surface area is 147 Å². The van der Waals surface area contributed by atoms with Gasteiger partial charge in [-0.15, -0.1) is 11.3 Å². The van der Waals surface area contributed by atoms with Gasteiger partial charge in [0.2, 0.25) is 0 Å². The number of nitrogens with zero attached hydrogens (tertiary/aromatic N) is 1. The summed E-state index contributed by atoms with van der Waals surface area (Å²) in [7, 11) is 0. The number of carbonyl (C=O) groups excluding carboxylic acids is 1. The Bertz CT molecular complexity index is 622. The fourth-order valence-corrected chi connectivity index (χ4v) is 3.91. The number of aliphatic hydroxyl groups is 1. The van der Waals surface area contributed by atoms with Crippen molar-refractivity contribution >= 4 is 17.4 Å². The average Bonchev–Trinajstić information content (AvgIpc) is 3.15. The number of urea groups is 1. The third-order valence-corrected chi connectivity index (χ3v) is 5.58. The summed E-state index contributed by atoms with van der Waals surface area (Å²) in [6.07, 6.45) is 2.13. The maximum absolute atomic E-state index is 12.2. The molecule has 0 spiro atoms. The number of aliphatic hydroxyl groups excluding tert-OH is 1. The van der Waals surface area contributed by atoms with Gasteiger partial charge in [0.25, 0.3) is 0 Å². The standard InChI is InChI=1S/C19H24N2O2S/c22-18(15-5-2-1-3-6-15)16-9-12-21(13-10-16)19(23)20-11-8-17-7-4-14-24-17/h1-7,14,16,18,22H,8-13H2,(H,20,23)/t18-/m1/s1. The van der Waals surface area contributed by atoms with Gasteiger partial charge >= 0.3 is 6.03 Å². The maximum atomic E-state index is 12.2. The molecule has 2 N–H and O–H groups in total. The first kappa shape index (κ1) is 17.0. The summed E-state index contributed by atoms with van der Waals surface area (Å²) in [5.74, 6) is 0.225. The van der Waals surface area contributed by atoms with Crippen LogP contribution in [0.5, 0.6) is 0 Å². The van der Waals surface area contributed by atoms with Crippen LogP contribution in [0.3, 0.4) is 0 Å². The van der Waals surface area contributed by atoms with Crippen LogP contribution in [0.2, 0.25) is 0 Å². The molecule has 0 bridgehead atoms. The van der Waals surface area contributed by atoms with E-state index in [0.717, 1.165) is 24.8 Å². The Hall–Kier alpha value is -1.85. The first-order valence-corrected chi connectivity index (χ1v) is 9.40. The lowest BCUT2D eigenvalue weighted by Gasteiger charge is -2.34. The number of likely N-dealkylation sites (tertiary alicyclic amines) is 1. The van der Waals surface area contributed by atoms with Gasteiger partial charge in [0.15, 0.2) is 0 Å². The molecule has 1 aliphatic heterocycles. The van der Waals surface area contributed by atoms with Crippen molar-refractivity contribution in [3.8, 4) is 0 Å². The van der Waals surface area contributed by atoms with Crippen molar-refractivity contribution < 1.29 is 9.90 Å². The molecule has 2 amide bonds. The lowest BCUT2D eigenvalue weighted by atomic mass is 9.87. The van der Waals surface area contributed by atoms with Gasteiger partial charge in [-0.2, -0.15) is 0 Å². The second-order valence-corrected chi connectivity index (χ2v) is 7.27. The largest absolute Gasteiger partial charge is 0.388 e. The number of hydrogen-bond acceptors (Lipinski definition) is 3. The van der Waals surface area contributed by atoms with Crippen LogP contribution in [0.15, 0.2) is 47.8 Å². The van der Waals surface area contributed by atoms with Crippen LogP contribution < -0.4 is 5.32 Å². The molecule has 0 aliphatic carbocycles. The topological polar surface area (TPSA) is 52.6 Å². The molecule has 0 unspecified atom stereocenters. The molecule has 1 aromatic heterocycles. The number of benzene rings is 1. The Balaban J connectivity index is 1.42. The van der Waals surface area contributed by atoms with E-state index in [1.54, 1.807) is 11.3 Å². The summed E-state index contributed by atoms with van der Waals surface area (Å²) in [6, 6.07) is 13.9. The Morgan fingerprint density at radius 1 is 1.21 bits per heavy atom. The number of thiophene rings is 1. The molecular formula is C19H24N2O2S. The summed E-state index contributed by atoms with van der Waals surface area (Å²) in [5.41, 5.74) is 0.969. The van der Waals surface area contributed by atoms with E-state index in [9.17, 15) is 9.90 Å². The molecule has 0 saturated carbocycles. The molecule has 1 aromatic carbocycles. The van der Waals surface area contributed by atoms with Crippen molar-refractivity contribution in [1.82, 2.24) is 10.2 Å². The molecule has 1 saturated heterocycles. The van der Waals surface area contributed by atoms with Gasteiger partial charge < -0.3 is 15.3 Å². The fraction of sp³-hybridized carbons (Fsp3) is 0.421. The van der Waals surface area contributed by atoms with Crippen LogP contribution in [0.4, 0.5) is 4.79 Å². The van der Waals surface area contributed by atoms with Crippen LogP contribution >= 0.6 is 11.3 Å². The van der Waals surface area contributed by atoms with E-state index >= 15 is 0 Å². The van der Waals surface area contributed by atoms with E-state index < -0.39 is 6.10 Å². The number of carbonyl (C=O) groups is 1. The number of rotatable bonds is 5. The molecule has 2 aromatic rings. The molecule has 1 aliphatic rings. The number of amides is 2. The lowest BCUT2D eigenvalue weighted by molar-refractivity contribution is 0.0666. The molecule has 2 heterocycles. The summed E-state index contributed by atoms with van der Waals surface area (Å²) >= 11 is 1.72. The van der Waals surface area contributed by atoms with Crippen molar-refractivity contribution in [2.75, 3.05) is 19.6 Å². The minimum atomic E-state index is -0.435. The summed E-state index contributed by atoms with van der Waals surface area (Å²) in [5, 5.41) is 15.6. The Morgan fingerprint density at radius 2 is 1.96 bits per heavy atom. The molecule has 1 fully saturated rings. The quantitative estimate of drug-likeness (QED) is 0.873. The third-order valence-electron chi connectivity index (χ3n) is 4.64. The van der Waals surface area contributed by atoms with Crippen molar-refractivity contribution in [1.29, 1.82) is 0 Å². The second kappa shape index (κ2) is 8.31. The van der Waals surface area contributed by atoms with Crippen LogP contribution in [-0.4, -0.2) is 35.7 Å². The zero-order valence-corrected chi connectivity index (χ0v) is 14.5. The highest BCUT2D eigenvalue weighted by Gasteiger charge is 2.28. The Morgan fingerprint density at radius 3 is 2.62 bits per heavy atom. The first-order chi connectivity index (χ1) is 11.7. The van der Waals surface area contributed by atoms with Crippen LogP contribution in [0.25, 0.3) is 0 Å². The third kappa shape index (κ3) is 4.36. The predicted octanol–water partition coefficient (Wildman–Crippen LogP) is 3.45. The normalized spacial score (nSPS) is 16.8. The van der Waals surface area contributed by atoms with E-state index in [0.29, 0.717) is 19.6 Å². The lowest BCUT2D eigenvalue weighted by Crippen LogP contribution is -2.45. The number of hydrogen-bond donors (Lipinski definition) is 2. The van der Waals surface area contributed by atoms with Gasteiger partial charge in [-0.1, -0.05) is 36.4 Å². The highest BCUT2D eigenvalue weighted by atomic mass is 32.1. The minimum Gasteiger partial charge on any atom is -0.388 e. The zero-order valence-electron chi connectivity index (χ0n) is 13.7. The van der Waals surface area contributed by atoms with Gasteiger partial charge in [0.05, 0.1) is 6.10 Å². The molecule has 3 rings (SSSR count). The van der Waals surface area contributed by atoms with Crippen molar-refractivity contribution in [2.45, 2.75) is 25.4 Å². The highest BCUT2D eigenvalue weighted by molar-refractivity contribution is 7.09. The smallest absolute Gasteiger partial charge is 0.317 e. The maximum Gasteiger partial charge on any atom is 0.317 e. The van der Waals surface area contributed by atoms with Crippen molar-refractivity contribution in [2.24, 2.45) is 5.92 Å². The van der Waals surface area contributed by atoms with Crippen molar-refractivity contribution in [3.63, 3.8) is 0 Å². The van der Waals surface area contributed by atoms with Crippen molar-refractivity contribution in [3.05, 3.63) is 58.3 Å². The zero-order chi connectivity index (χ0) is 16.8. The molecule has 1 atom stereocenters. The van der Waals surface area contributed by atoms with E-state index in [2.05, 4.69) is 16.8 Å². The second-order valence-electron chi connectivity index (χ2n) is 6.24. The summed E-state index contributed by atoms with van der Waals surface area (Å²) in [6.45, 7) is 2.09. The monoisotopic (exact) mass is 344 g/mol. The predicted molar refractivity (Wildman–Crippen MR) is 97.1 cm³/mol. The van der Waals surface area contributed by atoms with Crippen LogP contribution in [0.1, 0.15) is 29.4 Å². The van der Waals surface area contributed by atoms with Crippen LogP contribution in [-0.2, 0) is 6.42 Å². The van der Waals surface area contributed by atoms with E-state index in [1.807, 2.05) is 41.3 Å². The molecule has 24 heavy (non-hydrogen) atoms. The molecule has 128 valence electrons. The van der Waals surface area contributed by atoms with Gasteiger partial charge in [0.1, 0.15) is 0 Å². The van der Waals surface area contributed by atoms with Crippen LogP contribution in [0, 0.1) is 5.92 Å². The number of nitrogens with one attached hydrogen (secondary N) is 1. The van der Waals surface area contributed by atoms with Gasteiger partial charge in [-0.05, 0) is 42.2 Å². The van der Waals surface area contributed by atoms with E-state index in [1.165, 1.54) is 4.88 Å². The summed E-state index contributed by atoms with van der Waals surface area (Å²) in [4.78, 5) is 15.4. The fourth-order valence-electron chi connectivity index (χ4n) is 3.20.